The lowest BCUT2D eigenvalue weighted by molar-refractivity contribution is -0.144. The Morgan fingerprint density at radius 2 is 1.82 bits per heavy atom. The second kappa shape index (κ2) is 11.5. The Morgan fingerprint density at radius 1 is 1.10 bits per heavy atom. The molecule has 8 heteroatoms. The lowest BCUT2D eigenvalue weighted by atomic mass is 9.71. The van der Waals surface area contributed by atoms with E-state index in [4.69, 9.17) is 14.2 Å². The Hall–Kier alpha value is -3.26. The maximum atomic E-state index is 13.9. The monoisotopic (exact) mass is 595 g/mol. The number of hydrogen-bond acceptors (Lipinski definition) is 7. The van der Waals surface area contributed by atoms with Crippen LogP contribution in [0.25, 0.3) is 0 Å². The summed E-state index contributed by atoms with van der Waals surface area (Å²) in [7, 11) is 1.63. The third kappa shape index (κ3) is 5.44. The van der Waals surface area contributed by atoms with E-state index >= 15 is 0 Å². The number of aromatic hydroxyl groups is 1. The molecule has 1 fully saturated rings. The molecule has 0 spiro atoms. The number of allylic oxidation sites excluding steroid dienone is 3. The highest BCUT2D eigenvalue weighted by Crippen LogP contribution is 2.48. The number of dihydropyridines is 1. The van der Waals surface area contributed by atoms with Gasteiger partial charge in [-0.3, -0.25) is 4.79 Å². The molecule has 0 amide bonds. The van der Waals surface area contributed by atoms with Gasteiger partial charge in [0.15, 0.2) is 17.3 Å². The second-order valence-electron chi connectivity index (χ2n) is 10.4. The molecule has 5 rings (SSSR count). The topological polar surface area (TPSA) is 94.1 Å². The van der Waals surface area contributed by atoms with Crippen molar-refractivity contribution in [3.63, 3.8) is 0 Å². The number of phenolic OH excluding ortho intramolecular Hbond substituents is 1. The van der Waals surface area contributed by atoms with Gasteiger partial charge in [-0.1, -0.05) is 12.1 Å². The summed E-state index contributed by atoms with van der Waals surface area (Å²) in [5.41, 5.74) is 4.24. The van der Waals surface area contributed by atoms with E-state index in [1.807, 2.05) is 38.1 Å². The van der Waals surface area contributed by atoms with Gasteiger partial charge in [-0.25, -0.2) is 4.79 Å². The van der Waals surface area contributed by atoms with Gasteiger partial charge in [-0.15, -0.1) is 0 Å². The second-order valence-corrected chi connectivity index (χ2v) is 11.2. The normalized spacial score (nSPS) is 21.5. The zero-order valence-electron chi connectivity index (χ0n) is 22.5. The van der Waals surface area contributed by atoms with Crippen LogP contribution >= 0.6 is 15.9 Å². The van der Waals surface area contributed by atoms with E-state index in [0.29, 0.717) is 52.1 Å². The predicted octanol–water partition coefficient (Wildman–Crippen LogP) is 6.41. The average molecular weight is 597 g/mol. The van der Waals surface area contributed by atoms with Crippen molar-refractivity contribution >= 4 is 27.7 Å². The number of carbonyl (C=O) groups is 2. The van der Waals surface area contributed by atoms with E-state index in [-0.39, 0.29) is 23.6 Å². The number of Topliss-reactive ketones (excluding diaryl/α,β-unsaturated/α-hetero) is 1. The fraction of sp³-hybridized carbons (Fsp3) is 0.419. The molecule has 0 unspecified atom stereocenters. The molecule has 2 atom stereocenters. The van der Waals surface area contributed by atoms with Crippen molar-refractivity contribution in [3.05, 3.63) is 74.5 Å². The van der Waals surface area contributed by atoms with Crippen molar-refractivity contribution in [1.82, 2.24) is 5.32 Å². The van der Waals surface area contributed by atoms with Crippen molar-refractivity contribution in [2.24, 2.45) is 0 Å². The third-order valence-electron chi connectivity index (χ3n) is 7.89. The third-order valence-corrected chi connectivity index (χ3v) is 8.50. The van der Waals surface area contributed by atoms with Crippen molar-refractivity contribution < 1.29 is 28.9 Å². The fourth-order valence-corrected chi connectivity index (χ4v) is 6.46. The molecule has 1 aliphatic heterocycles. The number of phenols is 1. The quantitative estimate of drug-likeness (QED) is 0.357. The number of esters is 1. The molecule has 206 valence electrons. The Kier molecular flexibility index (Phi) is 8.03. The van der Waals surface area contributed by atoms with E-state index in [9.17, 15) is 14.7 Å². The Balaban J connectivity index is 1.58. The summed E-state index contributed by atoms with van der Waals surface area (Å²) in [5.74, 6) is -0.0247. The van der Waals surface area contributed by atoms with Gasteiger partial charge in [0, 0.05) is 29.3 Å². The summed E-state index contributed by atoms with van der Waals surface area (Å²) in [5, 5.41) is 14.0. The maximum Gasteiger partial charge on any atom is 0.337 e. The molecule has 0 bridgehead atoms. The van der Waals surface area contributed by atoms with Crippen molar-refractivity contribution in [2.75, 3.05) is 13.7 Å². The Bertz CT molecular complexity index is 1340. The minimum atomic E-state index is -0.643. The Morgan fingerprint density at radius 3 is 2.49 bits per heavy atom. The lowest BCUT2D eigenvalue weighted by Crippen LogP contribution is -2.36. The van der Waals surface area contributed by atoms with Gasteiger partial charge in [-0.05, 0) is 103 Å². The van der Waals surface area contributed by atoms with E-state index < -0.39 is 11.9 Å². The van der Waals surface area contributed by atoms with Gasteiger partial charge in [0.05, 0.1) is 23.8 Å². The molecule has 2 aromatic carbocycles. The lowest BCUT2D eigenvalue weighted by Gasteiger charge is -2.37. The van der Waals surface area contributed by atoms with Gasteiger partial charge in [0.2, 0.25) is 0 Å². The number of benzene rings is 2. The predicted molar refractivity (Wildman–Crippen MR) is 151 cm³/mol. The largest absolute Gasteiger partial charge is 0.503 e. The maximum absolute atomic E-state index is 13.9. The molecule has 0 aromatic heterocycles. The van der Waals surface area contributed by atoms with Gasteiger partial charge in [0.25, 0.3) is 0 Å². The highest BCUT2D eigenvalue weighted by Gasteiger charge is 2.42. The van der Waals surface area contributed by atoms with Crippen molar-refractivity contribution in [3.8, 4) is 17.2 Å². The number of nitrogens with one attached hydrogen (secondary N) is 1. The van der Waals surface area contributed by atoms with Crippen LogP contribution in [0.1, 0.15) is 75.3 Å². The van der Waals surface area contributed by atoms with Crippen LogP contribution in [0.5, 0.6) is 17.2 Å². The number of rotatable bonds is 7. The summed E-state index contributed by atoms with van der Waals surface area (Å²) in [6.07, 6.45) is 4.63. The van der Waals surface area contributed by atoms with Crippen LogP contribution in [0.2, 0.25) is 0 Å². The molecule has 0 radical (unpaired) electrons. The summed E-state index contributed by atoms with van der Waals surface area (Å²) in [6.45, 7) is 4.06. The first-order chi connectivity index (χ1) is 18.8. The first-order valence-electron chi connectivity index (χ1n) is 13.5. The molecule has 2 aromatic rings. The Labute approximate surface area is 237 Å². The molecular weight excluding hydrogens is 562 g/mol. The minimum absolute atomic E-state index is 0.000589. The summed E-state index contributed by atoms with van der Waals surface area (Å²) >= 11 is 3.44. The van der Waals surface area contributed by atoms with Crippen LogP contribution in [0.3, 0.4) is 0 Å². The van der Waals surface area contributed by atoms with Crippen molar-refractivity contribution in [2.45, 2.75) is 70.3 Å². The number of hydrogen-bond donors (Lipinski definition) is 2. The molecule has 1 heterocycles. The molecule has 39 heavy (non-hydrogen) atoms. The standard InChI is InChI=1S/C31H34BrNO6/c1-4-38-26-16-20(13-23(32)30(26)35)28-27(31(36)39-22-7-5-6-8-22)17(2)33-24-14-19(15-25(34)29(24)28)18-9-11-21(37-3)12-10-18/h9-13,16,19,22,28,33,35H,4-8,14-15H2,1-3H3/t19-,28+/m0/s1. The van der Waals surface area contributed by atoms with Gasteiger partial charge >= 0.3 is 5.97 Å². The van der Waals surface area contributed by atoms with Gasteiger partial charge in [-0.2, -0.15) is 0 Å². The number of carbonyl (C=O) groups excluding carboxylic acids is 2. The minimum Gasteiger partial charge on any atom is -0.503 e. The van der Waals surface area contributed by atoms with Gasteiger partial charge in [0.1, 0.15) is 11.9 Å². The SMILES string of the molecule is CCOc1cc([C@@H]2C(C(=O)OC3CCCC3)=C(C)NC3=C2C(=O)C[C@@H](c2ccc(OC)cc2)C3)cc(Br)c1O. The van der Waals surface area contributed by atoms with E-state index in [1.165, 1.54) is 0 Å². The van der Waals surface area contributed by atoms with Crippen LogP contribution in [-0.4, -0.2) is 36.7 Å². The van der Waals surface area contributed by atoms with Crippen LogP contribution in [0.4, 0.5) is 0 Å². The highest BCUT2D eigenvalue weighted by atomic mass is 79.9. The van der Waals surface area contributed by atoms with Crippen LogP contribution in [-0.2, 0) is 14.3 Å². The zero-order valence-corrected chi connectivity index (χ0v) is 24.1. The van der Waals surface area contributed by atoms with Crippen LogP contribution < -0.4 is 14.8 Å². The fourth-order valence-electron chi connectivity index (χ4n) is 6.00. The van der Waals surface area contributed by atoms with E-state index in [0.717, 1.165) is 42.7 Å². The average Bonchev–Trinajstić information content (AvgIpc) is 3.43. The highest BCUT2D eigenvalue weighted by molar-refractivity contribution is 9.10. The van der Waals surface area contributed by atoms with E-state index in [2.05, 4.69) is 21.2 Å². The van der Waals surface area contributed by atoms with Crippen LogP contribution in [0.15, 0.2) is 63.4 Å². The first-order valence-corrected chi connectivity index (χ1v) is 14.3. The number of halogens is 1. The number of ketones is 1. The molecule has 2 aliphatic carbocycles. The van der Waals surface area contributed by atoms with Gasteiger partial charge < -0.3 is 24.6 Å². The molecule has 2 N–H and O–H groups in total. The molecular formula is C31H34BrNO6. The smallest absolute Gasteiger partial charge is 0.337 e. The zero-order chi connectivity index (χ0) is 27.7. The first kappa shape index (κ1) is 27.3. The summed E-state index contributed by atoms with van der Waals surface area (Å²) in [4.78, 5) is 27.6. The molecule has 0 saturated heterocycles. The van der Waals surface area contributed by atoms with E-state index in [1.54, 1.807) is 19.2 Å². The summed E-state index contributed by atoms with van der Waals surface area (Å²) < 4.78 is 17.4. The molecule has 3 aliphatic rings. The number of methoxy groups -OCH3 is 1. The van der Waals surface area contributed by atoms with Crippen molar-refractivity contribution in [1.29, 1.82) is 0 Å². The number of ether oxygens (including phenoxy) is 3. The molecule has 1 saturated carbocycles. The van der Waals surface area contributed by atoms with Crippen LogP contribution in [0, 0.1) is 0 Å². The summed E-state index contributed by atoms with van der Waals surface area (Å²) in [6, 6.07) is 11.3. The molecule has 7 nitrogen and oxygen atoms in total.